The van der Waals surface area contributed by atoms with Crippen LogP contribution in [0.2, 0.25) is 10.0 Å². The van der Waals surface area contributed by atoms with Crippen LogP contribution in [0.4, 0.5) is 5.82 Å². The number of rotatable bonds is 29. The molecule has 0 spiro atoms. The molecule has 4 N–H and O–H groups in total. The lowest BCUT2D eigenvalue weighted by Gasteiger charge is -2.24. The SMILES string of the molecule is CCCCCCCCCCCCCCCCCCOC[C@H](COP(=O)(O)OC[C@@H]1C[C@@H](O)[C@](C#N)(c2ccc3c(N)ncnn23)O1)OCc1ccc(Cl)c(Cl)c1. The van der Waals surface area contributed by atoms with Crippen LogP contribution in [0.1, 0.15) is 127 Å². The summed E-state index contributed by atoms with van der Waals surface area (Å²) >= 11 is 12.2. The number of nitrogen functional groups attached to an aromatic ring is 1. The van der Waals surface area contributed by atoms with Gasteiger partial charge in [-0.15, -0.1) is 0 Å². The fourth-order valence-electron chi connectivity index (χ4n) is 6.88. The smallest absolute Gasteiger partial charge is 0.388 e. The van der Waals surface area contributed by atoms with Gasteiger partial charge in [-0.1, -0.05) is 133 Å². The summed E-state index contributed by atoms with van der Waals surface area (Å²) in [5.74, 6) is 0.190. The van der Waals surface area contributed by atoms with Crippen LogP contribution in [0.25, 0.3) is 5.52 Å². The van der Waals surface area contributed by atoms with E-state index in [0.717, 1.165) is 24.8 Å². The summed E-state index contributed by atoms with van der Waals surface area (Å²) in [4.78, 5) is 14.5. The third-order valence-electron chi connectivity index (χ3n) is 10.1. The van der Waals surface area contributed by atoms with E-state index in [1.165, 1.54) is 94.3 Å². The van der Waals surface area contributed by atoms with Crippen molar-refractivity contribution in [3.63, 3.8) is 0 Å². The zero-order valence-corrected chi connectivity index (χ0v) is 35.1. The van der Waals surface area contributed by atoms with E-state index < -0.39 is 38.3 Å². The van der Waals surface area contributed by atoms with Crippen molar-refractivity contribution in [3.8, 4) is 6.07 Å². The Bertz CT molecular complexity index is 1700. The van der Waals surface area contributed by atoms with Crippen LogP contribution < -0.4 is 5.73 Å². The van der Waals surface area contributed by atoms with E-state index in [-0.39, 0.29) is 37.8 Å². The molecule has 1 aliphatic rings. The molecule has 1 fully saturated rings. The largest absolute Gasteiger partial charge is 0.472 e. The van der Waals surface area contributed by atoms with Gasteiger partial charge in [0.2, 0.25) is 5.60 Å². The van der Waals surface area contributed by atoms with Crippen LogP contribution >= 0.6 is 31.0 Å². The molecule has 56 heavy (non-hydrogen) atoms. The topological polar surface area (TPSA) is 184 Å². The van der Waals surface area contributed by atoms with Crippen molar-refractivity contribution in [2.45, 2.75) is 147 Å². The number of phosphoric acid groups is 1. The van der Waals surface area contributed by atoms with Crippen molar-refractivity contribution in [1.82, 2.24) is 14.6 Å². The maximum atomic E-state index is 13.0. The third-order valence-corrected chi connectivity index (χ3v) is 11.8. The van der Waals surface area contributed by atoms with Crippen molar-refractivity contribution in [1.29, 1.82) is 5.26 Å². The molecule has 16 heteroatoms. The van der Waals surface area contributed by atoms with E-state index in [1.807, 2.05) is 6.07 Å². The van der Waals surface area contributed by atoms with Crippen molar-refractivity contribution in [3.05, 3.63) is 58.0 Å². The number of nitrogens with zero attached hydrogens (tertiary/aromatic N) is 4. The number of unbranched alkanes of at least 4 members (excludes halogenated alkanes) is 15. The minimum Gasteiger partial charge on any atom is -0.388 e. The Balaban J connectivity index is 1.16. The van der Waals surface area contributed by atoms with E-state index in [0.29, 0.717) is 22.2 Å². The standard InChI is InChI=1S/C40H60Cl2N5O8P/c1-2-3-4-5-6-7-8-9-10-11-12-13-14-15-16-17-22-51-26-33(52-25-31-18-19-34(41)35(42)23-31)28-54-56(49,50)53-27-32-24-38(48)40(29-43,55-32)37-21-20-36-39(44)45-30-46-47(36)37/h18-21,23,30,32-33,38,48H,2-17,22,24-28H2,1H3,(H,49,50)(H2,44,45,46)/t32-,33+,38+,40-/m0/s1. The molecule has 5 atom stereocenters. The molecule has 4 rings (SSSR count). The monoisotopic (exact) mass is 839 g/mol. The number of hydrogen-bond donors (Lipinski definition) is 3. The first kappa shape index (κ1) is 46.4. The molecule has 312 valence electrons. The van der Waals surface area contributed by atoms with Crippen LogP contribution in [0, 0.1) is 11.3 Å². The van der Waals surface area contributed by atoms with Gasteiger partial charge in [0, 0.05) is 13.0 Å². The highest BCUT2D eigenvalue weighted by molar-refractivity contribution is 7.47. The van der Waals surface area contributed by atoms with Crippen molar-refractivity contribution in [2.24, 2.45) is 0 Å². The first-order valence-electron chi connectivity index (χ1n) is 20.2. The number of aliphatic hydroxyl groups excluding tert-OH is 1. The van der Waals surface area contributed by atoms with Crippen LogP contribution in [0.3, 0.4) is 0 Å². The summed E-state index contributed by atoms with van der Waals surface area (Å²) in [6.45, 7) is 2.31. The van der Waals surface area contributed by atoms with Gasteiger partial charge in [0.05, 0.1) is 48.3 Å². The van der Waals surface area contributed by atoms with Gasteiger partial charge in [0.15, 0.2) is 5.82 Å². The zero-order valence-electron chi connectivity index (χ0n) is 32.7. The van der Waals surface area contributed by atoms with Crippen LogP contribution in [-0.4, -0.2) is 69.3 Å². The third kappa shape index (κ3) is 14.8. The summed E-state index contributed by atoms with van der Waals surface area (Å²) in [7, 11) is -4.62. The Labute approximate surface area is 341 Å². The fourth-order valence-corrected chi connectivity index (χ4v) is 7.98. The lowest BCUT2D eigenvalue weighted by atomic mass is 9.94. The van der Waals surface area contributed by atoms with Gasteiger partial charge in [0.25, 0.3) is 0 Å². The van der Waals surface area contributed by atoms with Gasteiger partial charge in [0.1, 0.15) is 30.1 Å². The van der Waals surface area contributed by atoms with Gasteiger partial charge >= 0.3 is 7.82 Å². The minimum atomic E-state index is -4.62. The molecule has 0 amide bonds. The number of aliphatic hydroxyl groups is 1. The molecule has 1 unspecified atom stereocenters. The van der Waals surface area contributed by atoms with E-state index >= 15 is 0 Å². The molecule has 3 aromatic rings. The molecular weight excluding hydrogens is 780 g/mol. The molecule has 0 radical (unpaired) electrons. The molecule has 13 nitrogen and oxygen atoms in total. The summed E-state index contributed by atoms with van der Waals surface area (Å²) in [5, 5.41) is 26.0. The predicted octanol–water partition coefficient (Wildman–Crippen LogP) is 9.48. The van der Waals surface area contributed by atoms with Gasteiger partial charge < -0.3 is 29.9 Å². The van der Waals surface area contributed by atoms with E-state index in [2.05, 4.69) is 17.0 Å². The van der Waals surface area contributed by atoms with Crippen LogP contribution in [-0.2, 0) is 40.0 Å². The second-order valence-electron chi connectivity index (χ2n) is 14.6. The van der Waals surface area contributed by atoms with E-state index in [1.54, 1.807) is 30.3 Å². The Morgan fingerprint density at radius 3 is 2.23 bits per heavy atom. The predicted molar refractivity (Wildman–Crippen MR) is 217 cm³/mol. The average molecular weight is 841 g/mol. The lowest BCUT2D eigenvalue weighted by molar-refractivity contribution is -0.0674. The molecule has 1 aliphatic heterocycles. The first-order chi connectivity index (χ1) is 27.1. The first-order valence-corrected chi connectivity index (χ1v) is 22.4. The number of nitriles is 1. The molecule has 3 heterocycles. The summed E-state index contributed by atoms with van der Waals surface area (Å²) in [5.41, 5.74) is 5.54. The second kappa shape index (κ2) is 24.6. The summed E-state index contributed by atoms with van der Waals surface area (Å²) in [6, 6.07) is 10.4. The number of anilines is 1. The molecule has 0 saturated carbocycles. The van der Waals surface area contributed by atoms with Crippen LogP contribution in [0.15, 0.2) is 36.7 Å². The average Bonchev–Trinajstić information content (AvgIpc) is 3.77. The van der Waals surface area contributed by atoms with E-state index in [9.17, 15) is 19.8 Å². The highest BCUT2D eigenvalue weighted by atomic mass is 35.5. The summed E-state index contributed by atoms with van der Waals surface area (Å²) in [6.07, 6.45) is 18.8. The summed E-state index contributed by atoms with van der Waals surface area (Å²) < 4.78 is 42.9. The maximum Gasteiger partial charge on any atom is 0.472 e. The minimum absolute atomic E-state index is 0.0516. The number of aromatic nitrogens is 3. The highest BCUT2D eigenvalue weighted by Crippen LogP contribution is 2.46. The Morgan fingerprint density at radius 1 is 0.964 bits per heavy atom. The molecular formula is C40H60Cl2N5O8P. The molecule has 1 saturated heterocycles. The fraction of sp³-hybridized carbons (Fsp3) is 0.675. The Hall–Kier alpha value is -2.34. The molecule has 0 bridgehead atoms. The van der Waals surface area contributed by atoms with Gasteiger partial charge in [-0.05, 0) is 36.2 Å². The number of phosphoric ester groups is 1. The Morgan fingerprint density at radius 2 is 1.61 bits per heavy atom. The number of fused-ring (bicyclic) bond motifs is 1. The second-order valence-corrected chi connectivity index (χ2v) is 16.9. The van der Waals surface area contributed by atoms with Crippen LogP contribution in [0.5, 0.6) is 0 Å². The van der Waals surface area contributed by atoms with Gasteiger partial charge in [-0.2, -0.15) is 10.4 Å². The Kier molecular flexibility index (Phi) is 20.3. The van der Waals surface area contributed by atoms with Gasteiger partial charge in [-0.3, -0.25) is 9.05 Å². The number of nitrogens with two attached hydrogens (primary N) is 1. The lowest BCUT2D eigenvalue weighted by Crippen LogP contribution is -2.36. The van der Waals surface area contributed by atoms with Crippen molar-refractivity contribution < 1.29 is 37.8 Å². The highest BCUT2D eigenvalue weighted by Gasteiger charge is 2.52. The number of hydrogen-bond acceptors (Lipinski definition) is 11. The quantitative estimate of drug-likeness (QED) is 0.0445. The molecule has 1 aromatic carbocycles. The van der Waals surface area contributed by atoms with Gasteiger partial charge in [-0.25, -0.2) is 14.1 Å². The molecule has 2 aromatic heterocycles. The normalized spacial score (nSPS) is 20.0. The zero-order chi connectivity index (χ0) is 40.2. The number of benzene rings is 1. The van der Waals surface area contributed by atoms with Crippen molar-refractivity contribution in [2.75, 3.05) is 32.2 Å². The van der Waals surface area contributed by atoms with Crippen molar-refractivity contribution >= 4 is 42.4 Å². The van der Waals surface area contributed by atoms with E-state index in [4.69, 9.17) is 52.2 Å². The number of halogens is 2. The maximum absolute atomic E-state index is 13.0. The number of ether oxygens (including phenoxy) is 3. The molecule has 0 aliphatic carbocycles.